The van der Waals surface area contributed by atoms with Crippen LogP contribution in [0.1, 0.15) is 25.0 Å². The molecule has 0 radical (unpaired) electrons. The Balaban J connectivity index is 1.59. The minimum absolute atomic E-state index is 0.477. The molecular formula is C18H26N6. The molecule has 3 heterocycles. The van der Waals surface area contributed by atoms with Crippen molar-refractivity contribution in [2.45, 2.75) is 32.2 Å². The smallest absolute Gasteiger partial charge is 0.132 e. The number of hydrogen-bond donors (Lipinski definition) is 1. The summed E-state index contributed by atoms with van der Waals surface area (Å²) in [6.07, 6.45) is 6.99. The average Bonchev–Trinajstić information content (AvgIpc) is 2.81. The number of nitrogens with zero attached hydrogens (tertiary/aromatic N) is 5. The van der Waals surface area contributed by atoms with Gasteiger partial charge in [0.1, 0.15) is 18.0 Å². The fraction of sp³-hybridized carbons (Fsp3) is 0.500. The van der Waals surface area contributed by atoms with Crippen molar-refractivity contribution in [2.24, 2.45) is 0 Å². The fourth-order valence-corrected chi connectivity index (χ4v) is 3.05. The third kappa shape index (κ3) is 4.13. The second-order valence-corrected chi connectivity index (χ2v) is 6.58. The summed E-state index contributed by atoms with van der Waals surface area (Å²) >= 11 is 0. The third-order valence-corrected chi connectivity index (χ3v) is 4.42. The summed E-state index contributed by atoms with van der Waals surface area (Å²) in [6.45, 7) is 4.07. The van der Waals surface area contributed by atoms with Crippen molar-refractivity contribution in [1.82, 2.24) is 15.0 Å². The molecule has 6 nitrogen and oxygen atoms in total. The van der Waals surface area contributed by atoms with E-state index in [2.05, 4.69) is 43.4 Å². The molecule has 3 rings (SSSR count). The highest BCUT2D eigenvalue weighted by Gasteiger charge is 2.18. The zero-order valence-corrected chi connectivity index (χ0v) is 14.7. The van der Waals surface area contributed by atoms with Gasteiger partial charge in [0.05, 0.1) is 11.9 Å². The van der Waals surface area contributed by atoms with Gasteiger partial charge in [0.25, 0.3) is 0 Å². The molecule has 1 aliphatic rings. The molecule has 1 aliphatic heterocycles. The monoisotopic (exact) mass is 326 g/mol. The Hall–Kier alpha value is -2.37. The number of aromatic nitrogens is 3. The molecule has 1 saturated heterocycles. The molecule has 6 heteroatoms. The molecule has 0 aliphatic carbocycles. The molecule has 128 valence electrons. The number of pyridine rings is 1. The van der Waals surface area contributed by atoms with Crippen molar-refractivity contribution >= 4 is 17.3 Å². The molecule has 1 N–H and O–H groups in total. The maximum Gasteiger partial charge on any atom is 0.132 e. The van der Waals surface area contributed by atoms with Gasteiger partial charge < -0.3 is 15.1 Å². The van der Waals surface area contributed by atoms with Crippen LogP contribution in [0.5, 0.6) is 0 Å². The van der Waals surface area contributed by atoms with Gasteiger partial charge in [0.2, 0.25) is 0 Å². The standard InChI is InChI=1S/C18H26N6/c1-14-11-18(21-13-20-14)24-9-4-5-15(8-10-24)22-16-6-7-17(19-12-16)23(2)3/h6-7,11-13,15,22H,4-5,8-10H2,1-3H3. The second kappa shape index (κ2) is 7.47. The SMILES string of the molecule is Cc1cc(N2CCCC(Nc3ccc(N(C)C)nc3)CC2)ncn1. The summed E-state index contributed by atoms with van der Waals surface area (Å²) in [5, 5.41) is 3.63. The average molecular weight is 326 g/mol. The highest BCUT2D eigenvalue weighted by molar-refractivity contribution is 5.48. The van der Waals surface area contributed by atoms with Gasteiger partial charge in [0.15, 0.2) is 0 Å². The predicted molar refractivity (Wildman–Crippen MR) is 98.8 cm³/mol. The minimum atomic E-state index is 0.477. The lowest BCUT2D eigenvalue weighted by Gasteiger charge is -2.22. The summed E-state index contributed by atoms with van der Waals surface area (Å²) in [4.78, 5) is 17.5. The van der Waals surface area contributed by atoms with Gasteiger partial charge >= 0.3 is 0 Å². The minimum Gasteiger partial charge on any atom is -0.381 e. The van der Waals surface area contributed by atoms with Crippen LogP contribution < -0.4 is 15.1 Å². The Kier molecular flexibility index (Phi) is 5.13. The van der Waals surface area contributed by atoms with Gasteiger partial charge in [-0.1, -0.05) is 0 Å². The molecule has 0 spiro atoms. The van der Waals surface area contributed by atoms with Crippen LogP contribution >= 0.6 is 0 Å². The van der Waals surface area contributed by atoms with E-state index in [9.17, 15) is 0 Å². The Morgan fingerprint density at radius 3 is 2.71 bits per heavy atom. The van der Waals surface area contributed by atoms with Crippen LogP contribution in [0.25, 0.3) is 0 Å². The number of hydrogen-bond acceptors (Lipinski definition) is 6. The third-order valence-electron chi connectivity index (χ3n) is 4.42. The first-order valence-corrected chi connectivity index (χ1v) is 8.55. The molecule has 1 unspecified atom stereocenters. The molecule has 0 aromatic carbocycles. The predicted octanol–water partition coefficient (Wildman–Crippen LogP) is 2.72. The van der Waals surface area contributed by atoms with Crippen molar-refractivity contribution in [3.8, 4) is 0 Å². The van der Waals surface area contributed by atoms with Crippen LogP contribution in [0, 0.1) is 6.92 Å². The van der Waals surface area contributed by atoms with E-state index in [0.717, 1.165) is 55.4 Å². The quantitative estimate of drug-likeness (QED) is 0.932. The molecule has 0 saturated carbocycles. The van der Waals surface area contributed by atoms with Crippen molar-refractivity contribution in [3.63, 3.8) is 0 Å². The van der Waals surface area contributed by atoms with Crippen LogP contribution in [-0.4, -0.2) is 48.2 Å². The first kappa shape index (κ1) is 16.5. The van der Waals surface area contributed by atoms with Gasteiger partial charge in [-0.25, -0.2) is 15.0 Å². The number of aryl methyl sites for hydroxylation is 1. The lowest BCUT2D eigenvalue weighted by atomic mass is 10.1. The maximum atomic E-state index is 4.48. The summed E-state index contributed by atoms with van der Waals surface area (Å²) in [6, 6.07) is 6.70. The Morgan fingerprint density at radius 2 is 2.00 bits per heavy atom. The van der Waals surface area contributed by atoms with E-state index >= 15 is 0 Å². The van der Waals surface area contributed by atoms with Crippen molar-refractivity contribution in [2.75, 3.05) is 42.3 Å². The Morgan fingerprint density at radius 1 is 1.12 bits per heavy atom. The van der Waals surface area contributed by atoms with E-state index in [-0.39, 0.29) is 0 Å². The van der Waals surface area contributed by atoms with Crippen LogP contribution in [-0.2, 0) is 0 Å². The highest BCUT2D eigenvalue weighted by atomic mass is 15.2. The van der Waals surface area contributed by atoms with Gasteiger partial charge in [0, 0.05) is 45.0 Å². The van der Waals surface area contributed by atoms with Crippen molar-refractivity contribution in [1.29, 1.82) is 0 Å². The van der Waals surface area contributed by atoms with Gasteiger partial charge in [-0.05, 0) is 38.3 Å². The van der Waals surface area contributed by atoms with Gasteiger partial charge in [-0.3, -0.25) is 0 Å². The normalized spacial score (nSPS) is 18.1. The lowest BCUT2D eigenvalue weighted by Crippen LogP contribution is -2.27. The van der Waals surface area contributed by atoms with E-state index < -0.39 is 0 Å². The molecule has 2 aromatic rings. The van der Waals surface area contributed by atoms with Crippen LogP contribution in [0.2, 0.25) is 0 Å². The lowest BCUT2D eigenvalue weighted by molar-refractivity contribution is 0.639. The summed E-state index contributed by atoms with van der Waals surface area (Å²) in [5.41, 5.74) is 2.11. The second-order valence-electron chi connectivity index (χ2n) is 6.58. The zero-order valence-electron chi connectivity index (χ0n) is 14.7. The topological polar surface area (TPSA) is 57.2 Å². The molecular weight excluding hydrogens is 300 g/mol. The van der Waals surface area contributed by atoms with Gasteiger partial charge in [-0.15, -0.1) is 0 Å². The summed E-state index contributed by atoms with van der Waals surface area (Å²) in [7, 11) is 4.01. The van der Waals surface area contributed by atoms with E-state index in [1.165, 1.54) is 0 Å². The Labute approximate surface area is 143 Å². The van der Waals surface area contributed by atoms with Crippen molar-refractivity contribution < 1.29 is 0 Å². The zero-order chi connectivity index (χ0) is 16.9. The van der Waals surface area contributed by atoms with E-state index in [4.69, 9.17) is 0 Å². The largest absolute Gasteiger partial charge is 0.381 e. The molecule has 0 amide bonds. The van der Waals surface area contributed by atoms with Crippen LogP contribution in [0.3, 0.4) is 0 Å². The number of nitrogens with one attached hydrogen (secondary N) is 1. The van der Waals surface area contributed by atoms with E-state index in [0.29, 0.717) is 6.04 Å². The van der Waals surface area contributed by atoms with E-state index in [1.54, 1.807) is 6.33 Å². The summed E-state index contributed by atoms with van der Waals surface area (Å²) in [5.74, 6) is 2.02. The number of rotatable bonds is 4. The van der Waals surface area contributed by atoms with Gasteiger partial charge in [-0.2, -0.15) is 0 Å². The first-order valence-electron chi connectivity index (χ1n) is 8.55. The van der Waals surface area contributed by atoms with Crippen LogP contribution in [0.4, 0.5) is 17.3 Å². The molecule has 1 fully saturated rings. The number of anilines is 3. The van der Waals surface area contributed by atoms with E-state index in [1.807, 2.05) is 32.1 Å². The summed E-state index contributed by atoms with van der Waals surface area (Å²) < 4.78 is 0. The fourth-order valence-electron chi connectivity index (χ4n) is 3.05. The molecule has 24 heavy (non-hydrogen) atoms. The molecule has 0 bridgehead atoms. The molecule has 2 aromatic heterocycles. The van der Waals surface area contributed by atoms with Crippen molar-refractivity contribution in [3.05, 3.63) is 36.4 Å². The maximum absolute atomic E-state index is 4.48. The highest BCUT2D eigenvalue weighted by Crippen LogP contribution is 2.21. The first-order chi connectivity index (χ1) is 11.6. The Bertz CT molecular complexity index is 655. The molecule has 1 atom stereocenters. The van der Waals surface area contributed by atoms with Crippen LogP contribution in [0.15, 0.2) is 30.7 Å².